The fourth-order valence-electron chi connectivity index (χ4n) is 2.01. The molecule has 0 saturated heterocycles. The second-order valence-corrected chi connectivity index (χ2v) is 5.83. The van der Waals surface area contributed by atoms with Crippen molar-refractivity contribution in [1.82, 2.24) is 4.57 Å². The minimum absolute atomic E-state index is 0.694. The Morgan fingerprint density at radius 1 is 1.22 bits per heavy atom. The van der Waals surface area contributed by atoms with E-state index < -0.39 is 0 Å². The number of fused-ring (bicyclic) bond motifs is 1. The highest BCUT2D eigenvalue weighted by atomic mass is 35.5. The molecule has 0 aliphatic carbocycles. The van der Waals surface area contributed by atoms with Gasteiger partial charge in [-0.2, -0.15) is 5.26 Å². The molecule has 4 heteroatoms. The van der Waals surface area contributed by atoms with Crippen molar-refractivity contribution in [1.29, 1.82) is 5.26 Å². The van der Waals surface area contributed by atoms with Crippen molar-refractivity contribution < 1.29 is 0 Å². The van der Waals surface area contributed by atoms with Crippen LogP contribution in [0.4, 0.5) is 0 Å². The lowest BCUT2D eigenvalue weighted by molar-refractivity contribution is 0.851. The zero-order valence-electron chi connectivity index (χ0n) is 9.43. The van der Waals surface area contributed by atoms with Gasteiger partial charge in [0.05, 0.1) is 22.5 Å². The van der Waals surface area contributed by atoms with Crippen LogP contribution in [0.2, 0.25) is 4.34 Å². The van der Waals surface area contributed by atoms with Crippen molar-refractivity contribution in [3.63, 3.8) is 0 Å². The Morgan fingerprint density at radius 2 is 2.11 bits per heavy atom. The van der Waals surface area contributed by atoms with E-state index in [2.05, 4.69) is 10.6 Å². The number of halogens is 1. The molecule has 18 heavy (non-hydrogen) atoms. The molecule has 2 heterocycles. The third-order valence-corrected chi connectivity index (χ3v) is 4.07. The number of hydrogen-bond donors (Lipinski definition) is 0. The molecule has 0 unspecified atom stereocenters. The monoisotopic (exact) mass is 272 g/mol. The van der Waals surface area contributed by atoms with Crippen LogP contribution in [0.1, 0.15) is 10.4 Å². The Morgan fingerprint density at radius 3 is 2.83 bits per heavy atom. The molecule has 1 aromatic carbocycles. The van der Waals surface area contributed by atoms with E-state index in [0.29, 0.717) is 5.56 Å². The van der Waals surface area contributed by atoms with E-state index in [0.717, 1.165) is 21.8 Å². The van der Waals surface area contributed by atoms with E-state index in [1.807, 2.05) is 42.6 Å². The number of hydrogen-bond acceptors (Lipinski definition) is 2. The summed E-state index contributed by atoms with van der Waals surface area (Å²) in [4.78, 5) is 1.22. The number of thiophene rings is 1. The van der Waals surface area contributed by atoms with Crippen molar-refractivity contribution in [2.75, 3.05) is 0 Å². The topological polar surface area (TPSA) is 28.7 Å². The lowest BCUT2D eigenvalue weighted by Crippen LogP contribution is -1.95. The zero-order chi connectivity index (χ0) is 12.5. The molecule has 0 aliphatic heterocycles. The van der Waals surface area contributed by atoms with Crippen molar-refractivity contribution in [2.45, 2.75) is 6.54 Å². The number of nitrogens with zero attached hydrogens (tertiary/aromatic N) is 2. The maximum absolute atomic E-state index is 8.87. The summed E-state index contributed by atoms with van der Waals surface area (Å²) in [6.45, 7) is 0.812. The first-order valence-electron chi connectivity index (χ1n) is 5.49. The molecule has 2 aromatic heterocycles. The van der Waals surface area contributed by atoms with Gasteiger partial charge in [-0.3, -0.25) is 0 Å². The highest BCUT2D eigenvalue weighted by Gasteiger charge is 2.04. The van der Waals surface area contributed by atoms with Crippen LogP contribution in [0.5, 0.6) is 0 Å². The summed E-state index contributed by atoms with van der Waals surface area (Å²) in [5.41, 5.74) is 1.83. The maximum atomic E-state index is 8.87. The van der Waals surface area contributed by atoms with Crippen molar-refractivity contribution in [3.8, 4) is 6.07 Å². The van der Waals surface area contributed by atoms with Gasteiger partial charge in [-0.1, -0.05) is 11.6 Å². The van der Waals surface area contributed by atoms with E-state index in [9.17, 15) is 0 Å². The van der Waals surface area contributed by atoms with E-state index in [1.54, 1.807) is 11.3 Å². The largest absolute Gasteiger partial charge is 0.342 e. The van der Waals surface area contributed by atoms with Crippen LogP contribution in [0.25, 0.3) is 10.9 Å². The number of aromatic nitrogens is 1. The number of benzene rings is 1. The predicted molar refractivity (Wildman–Crippen MR) is 75.1 cm³/mol. The molecule has 0 radical (unpaired) electrons. The lowest BCUT2D eigenvalue weighted by Gasteiger charge is -2.03. The van der Waals surface area contributed by atoms with E-state index in [-0.39, 0.29) is 0 Å². The van der Waals surface area contributed by atoms with E-state index in [4.69, 9.17) is 16.9 Å². The minimum atomic E-state index is 0.694. The van der Waals surface area contributed by atoms with Gasteiger partial charge in [0, 0.05) is 22.0 Å². The highest BCUT2D eigenvalue weighted by Crippen LogP contribution is 2.24. The van der Waals surface area contributed by atoms with Crippen LogP contribution in [0.3, 0.4) is 0 Å². The molecule has 0 N–H and O–H groups in total. The third-order valence-electron chi connectivity index (χ3n) is 2.86. The molecule has 3 aromatic rings. The average molecular weight is 273 g/mol. The Kier molecular flexibility index (Phi) is 2.83. The van der Waals surface area contributed by atoms with Crippen LogP contribution < -0.4 is 0 Å². The second-order valence-electron chi connectivity index (χ2n) is 4.03. The first-order valence-corrected chi connectivity index (χ1v) is 6.69. The van der Waals surface area contributed by atoms with Gasteiger partial charge in [0.1, 0.15) is 0 Å². The molecule has 0 amide bonds. The standard InChI is InChI=1S/C14H9ClN2S/c15-14-4-2-12(18-14)9-17-6-5-11-7-10(8-16)1-3-13(11)17/h1-7H,9H2. The Bertz CT molecular complexity index is 749. The Balaban J connectivity index is 2.00. The van der Waals surface area contributed by atoms with Crippen molar-refractivity contribution in [2.24, 2.45) is 0 Å². The molecular weight excluding hydrogens is 264 g/mol. The molecule has 0 spiro atoms. The van der Waals surface area contributed by atoms with Crippen LogP contribution in [-0.2, 0) is 6.54 Å². The Labute approximate surface area is 114 Å². The summed E-state index contributed by atoms with van der Waals surface area (Å²) in [6.07, 6.45) is 2.04. The van der Waals surface area contributed by atoms with Gasteiger partial charge in [-0.05, 0) is 36.4 Å². The van der Waals surface area contributed by atoms with Gasteiger partial charge >= 0.3 is 0 Å². The summed E-state index contributed by atoms with van der Waals surface area (Å²) in [5, 5.41) is 9.97. The second kappa shape index (κ2) is 4.49. The smallest absolute Gasteiger partial charge is 0.0991 e. The molecule has 3 rings (SSSR count). The summed E-state index contributed by atoms with van der Waals surface area (Å²) < 4.78 is 2.98. The molecule has 2 nitrogen and oxygen atoms in total. The summed E-state index contributed by atoms with van der Waals surface area (Å²) in [7, 11) is 0. The summed E-state index contributed by atoms with van der Waals surface area (Å²) >= 11 is 7.53. The first-order chi connectivity index (χ1) is 8.76. The van der Waals surface area contributed by atoms with Gasteiger partial charge in [0.2, 0.25) is 0 Å². The molecule has 0 bridgehead atoms. The normalized spacial score (nSPS) is 10.7. The molecule has 0 aliphatic rings. The van der Waals surface area contributed by atoms with Crippen LogP contribution >= 0.6 is 22.9 Å². The predicted octanol–water partition coefficient (Wildman–Crippen LogP) is 4.28. The molecule has 0 fully saturated rings. The molecule has 0 atom stereocenters. The lowest BCUT2D eigenvalue weighted by atomic mass is 10.2. The molecule has 0 saturated carbocycles. The van der Waals surface area contributed by atoms with Crippen LogP contribution in [0, 0.1) is 11.3 Å². The van der Waals surface area contributed by atoms with Crippen LogP contribution in [-0.4, -0.2) is 4.57 Å². The molecular formula is C14H9ClN2S. The fourth-order valence-corrected chi connectivity index (χ4v) is 3.10. The van der Waals surface area contributed by atoms with Gasteiger partial charge in [0.25, 0.3) is 0 Å². The minimum Gasteiger partial charge on any atom is -0.342 e. The Hall–Kier alpha value is -1.76. The number of nitriles is 1. The summed E-state index contributed by atoms with van der Waals surface area (Å²) in [5.74, 6) is 0. The van der Waals surface area contributed by atoms with Crippen molar-refractivity contribution >= 4 is 33.8 Å². The van der Waals surface area contributed by atoms with Gasteiger partial charge in [-0.25, -0.2) is 0 Å². The van der Waals surface area contributed by atoms with Gasteiger partial charge in [0.15, 0.2) is 0 Å². The highest BCUT2D eigenvalue weighted by molar-refractivity contribution is 7.16. The summed E-state index contributed by atoms with van der Waals surface area (Å²) in [6, 6.07) is 13.9. The van der Waals surface area contributed by atoms with E-state index >= 15 is 0 Å². The third kappa shape index (κ3) is 2.01. The van der Waals surface area contributed by atoms with Gasteiger partial charge in [-0.15, -0.1) is 11.3 Å². The SMILES string of the molecule is N#Cc1ccc2c(ccn2Cc2ccc(Cl)s2)c1. The maximum Gasteiger partial charge on any atom is 0.0991 e. The number of rotatable bonds is 2. The van der Waals surface area contributed by atoms with Gasteiger partial charge < -0.3 is 4.57 Å². The zero-order valence-corrected chi connectivity index (χ0v) is 11.0. The average Bonchev–Trinajstić information content (AvgIpc) is 2.96. The first kappa shape index (κ1) is 11.3. The van der Waals surface area contributed by atoms with Crippen molar-refractivity contribution in [3.05, 3.63) is 57.4 Å². The quantitative estimate of drug-likeness (QED) is 0.685. The van der Waals surface area contributed by atoms with E-state index in [1.165, 1.54) is 4.88 Å². The van der Waals surface area contributed by atoms with Crippen LogP contribution in [0.15, 0.2) is 42.6 Å². The fraction of sp³-hybridized carbons (Fsp3) is 0.0714. The molecule has 88 valence electrons.